The van der Waals surface area contributed by atoms with Crippen LogP contribution in [0.25, 0.3) is 0 Å². The zero-order chi connectivity index (χ0) is 9.97. The van der Waals surface area contributed by atoms with Crippen molar-refractivity contribution in [2.75, 3.05) is 31.2 Å². The molecule has 1 aromatic carbocycles. The number of benzene rings is 1. The van der Waals surface area contributed by atoms with E-state index in [2.05, 4.69) is 4.90 Å². The van der Waals surface area contributed by atoms with Crippen molar-refractivity contribution in [3.63, 3.8) is 0 Å². The predicted molar refractivity (Wildman–Crippen MR) is 59.5 cm³/mol. The quantitative estimate of drug-likeness (QED) is 0.738. The Balaban J connectivity index is 2.18. The van der Waals surface area contributed by atoms with Gasteiger partial charge in [0.1, 0.15) is 0 Å². The first kappa shape index (κ1) is 10.1. The van der Waals surface area contributed by atoms with Gasteiger partial charge in [0.15, 0.2) is 0 Å². The first-order valence-electron chi connectivity index (χ1n) is 4.55. The third-order valence-electron chi connectivity index (χ3n) is 2.28. The summed E-state index contributed by atoms with van der Waals surface area (Å²) >= 11 is 11.8. The van der Waals surface area contributed by atoms with Crippen LogP contribution in [0.3, 0.4) is 0 Å². The van der Waals surface area contributed by atoms with Crippen LogP contribution in [0, 0.1) is 0 Å². The van der Waals surface area contributed by atoms with Gasteiger partial charge in [0.2, 0.25) is 0 Å². The summed E-state index contributed by atoms with van der Waals surface area (Å²) in [5.74, 6) is 0. The van der Waals surface area contributed by atoms with E-state index in [1.807, 2.05) is 18.2 Å². The van der Waals surface area contributed by atoms with E-state index in [-0.39, 0.29) is 0 Å². The number of rotatable bonds is 1. The van der Waals surface area contributed by atoms with E-state index in [1.54, 1.807) is 0 Å². The van der Waals surface area contributed by atoms with E-state index >= 15 is 0 Å². The second-order valence-electron chi connectivity index (χ2n) is 3.20. The van der Waals surface area contributed by atoms with Gasteiger partial charge in [-0.1, -0.05) is 23.2 Å². The molecule has 1 saturated heterocycles. The molecule has 0 amide bonds. The molecular weight excluding hydrogens is 221 g/mol. The molecule has 2 nitrogen and oxygen atoms in total. The van der Waals surface area contributed by atoms with Crippen molar-refractivity contribution in [3.8, 4) is 0 Å². The molecule has 1 aliphatic heterocycles. The molecule has 1 heterocycles. The number of hydrogen-bond donors (Lipinski definition) is 0. The first-order chi connectivity index (χ1) is 6.77. The Morgan fingerprint density at radius 1 is 1.07 bits per heavy atom. The van der Waals surface area contributed by atoms with Gasteiger partial charge in [-0.2, -0.15) is 0 Å². The van der Waals surface area contributed by atoms with Gasteiger partial charge in [0.25, 0.3) is 0 Å². The maximum atomic E-state index is 5.94. The van der Waals surface area contributed by atoms with Crippen molar-refractivity contribution in [2.45, 2.75) is 0 Å². The molecule has 0 bridgehead atoms. The molecule has 1 fully saturated rings. The largest absolute Gasteiger partial charge is 0.378 e. The van der Waals surface area contributed by atoms with Crippen molar-refractivity contribution < 1.29 is 4.74 Å². The third kappa shape index (κ3) is 2.14. The van der Waals surface area contributed by atoms with Crippen LogP contribution in [-0.2, 0) is 4.74 Å². The average molecular weight is 232 g/mol. The minimum Gasteiger partial charge on any atom is -0.378 e. The molecule has 2 rings (SSSR count). The van der Waals surface area contributed by atoms with Gasteiger partial charge < -0.3 is 9.64 Å². The highest BCUT2D eigenvalue weighted by molar-refractivity contribution is 6.42. The summed E-state index contributed by atoms with van der Waals surface area (Å²) < 4.78 is 5.27. The first-order valence-corrected chi connectivity index (χ1v) is 5.31. The van der Waals surface area contributed by atoms with E-state index in [0.717, 1.165) is 32.0 Å². The van der Waals surface area contributed by atoms with Gasteiger partial charge in [0.05, 0.1) is 23.3 Å². The number of ether oxygens (including phenoxy) is 1. The van der Waals surface area contributed by atoms with Gasteiger partial charge in [-0.05, 0) is 18.2 Å². The van der Waals surface area contributed by atoms with Crippen LogP contribution in [0.2, 0.25) is 10.0 Å². The van der Waals surface area contributed by atoms with Crippen molar-refractivity contribution >= 4 is 28.9 Å². The highest BCUT2D eigenvalue weighted by atomic mass is 35.5. The molecule has 76 valence electrons. The van der Waals surface area contributed by atoms with Crippen molar-refractivity contribution in [2.24, 2.45) is 0 Å². The lowest BCUT2D eigenvalue weighted by molar-refractivity contribution is 0.122. The lowest BCUT2D eigenvalue weighted by Crippen LogP contribution is -2.36. The van der Waals surface area contributed by atoms with E-state index in [9.17, 15) is 0 Å². The standard InChI is InChI=1S/C10H11Cl2NO/c11-9-2-1-8(7-10(9)12)13-3-5-14-6-4-13/h1-2,7H,3-6H2. The van der Waals surface area contributed by atoms with Crippen LogP contribution in [-0.4, -0.2) is 26.3 Å². The Bertz CT molecular complexity index is 324. The highest BCUT2D eigenvalue weighted by Crippen LogP contribution is 2.27. The summed E-state index contributed by atoms with van der Waals surface area (Å²) in [6.07, 6.45) is 0. The molecule has 0 radical (unpaired) electrons. The Kier molecular flexibility index (Phi) is 3.16. The normalized spacial score (nSPS) is 17.1. The minimum absolute atomic E-state index is 0.601. The molecule has 4 heteroatoms. The van der Waals surface area contributed by atoms with Gasteiger partial charge in [-0.3, -0.25) is 0 Å². The predicted octanol–water partition coefficient (Wildman–Crippen LogP) is 2.83. The molecule has 0 aliphatic carbocycles. The van der Waals surface area contributed by atoms with Gasteiger partial charge in [-0.15, -0.1) is 0 Å². The van der Waals surface area contributed by atoms with Gasteiger partial charge >= 0.3 is 0 Å². The number of nitrogens with zero attached hydrogens (tertiary/aromatic N) is 1. The van der Waals surface area contributed by atoms with E-state index in [4.69, 9.17) is 27.9 Å². The van der Waals surface area contributed by atoms with Crippen molar-refractivity contribution in [1.29, 1.82) is 0 Å². The van der Waals surface area contributed by atoms with Crippen LogP contribution in [0.5, 0.6) is 0 Å². The topological polar surface area (TPSA) is 12.5 Å². The molecule has 0 atom stereocenters. The lowest BCUT2D eigenvalue weighted by atomic mass is 10.2. The zero-order valence-corrected chi connectivity index (χ0v) is 9.18. The zero-order valence-electron chi connectivity index (χ0n) is 7.67. The third-order valence-corrected chi connectivity index (χ3v) is 3.02. The summed E-state index contributed by atoms with van der Waals surface area (Å²) in [4.78, 5) is 2.24. The molecule has 14 heavy (non-hydrogen) atoms. The summed E-state index contributed by atoms with van der Waals surface area (Å²) in [5.41, 5.74) is 1.11. The molecule has 1 aliphatic rings. The van der Waals surface area contributed by atoms with Gasteiger partial charge in [0, 0.05) is 18.8 Å². The molecule has 0 saturated carbocycles. The fourth-order valence-electron chi connectivity index (χ4n) is 1.50. The molecule has 0 N–H and O–H groups in total. The van der Waals surface area contributed by atoms with Crippen LogP contribution < -0.4 is 4.90 Å². The minimum atomic E-state index is 0.601. The Hall–Kier alpha value is -0.440. The van der Waals surface area contributed by atoms with Gasteiger partial charge in [-0.25, -0.2) is 0 Å². The highest BCUT2D eigenvalue weighted by Gasteiger charge is 2.11. The van der Waals surface area contributed by atoms with Crippen molar-refractivity contribution in [1.82, 2.24) is 0 Å². The summed E-state index contributed by atoms with van der Waals surface area (Å²) in [5, 5.41) is 1.21. The summed E-state index contributed by atoms with van der Waals surface area (Å²) in [7, 11) is 0. The number of morpholine rings is 1. The Morgan fingerprint density at radius 2 is 1.79 bits per heavy atom. The van der Waals surface area contributed by atoms with Crippen LogP contribution in [0.1, 0.15) is 0 Å². The molecular formula is C10H11Cl2NO. The second kappa shape index (κ2) is 4.39. The average Bonchev–Trinajstić information content (AvgIpc) is 2.23. The molecule has 0 aromatic heterocycles. The van der Waals surface area contributed by atoms with Crippen LogP contribution >= 0.6 is 23.2 Å². The van der Waals surface area contributed by atoms with E-state index in [1.165, 1.54) is 0 Å². The fraction of sp³-hybridized carbons (Fsp3) is 0.400. The second-order valence-corrected chi connectivity index (χ2v) is 4.01. The van der Waals surface area contributed by atoms with E-state index < -0.39 is 0 Å². The molecule has 0 spiro atoms. The molecule has 0 unspecified atom stereocenters. The lowest BCUT2D eigenvalue weighted by Gasteiger charge is -2.29. The fourth-order valence-corrected chi connectivity index (χ4v) is 1.80. The number of hydrogen-bond acceptors (Lipinski definition) is 2. The summed E-state index contributed by atoms with van der Waals surface area (Å²) in [6, 6.07) is 5.71. The Morgan fingerprint density at radius 3 is 2.43 bits per heavy atom. The van der Waals surface area contributed by atoms with Crippen LogP contribution in [0.15, 0.2) is 18.2 Å². The maximum Gasteiger partial charge on any atom is 0.0642 e. The SMILES string of the molecule is Clc1ccc(N2CCOCC2)cc1Cl. The van der Waals surface area contributed by atoms with Crippen LogP contribution in [0.4, 0.5) is 5.69 Å². The maximum absolute atomic E-state index is 5.94. The number of anilines is 1. The number of halogens is 2. The molecule has 1 aromatic rings. The van der Waals surface area contributed by atoms with Crippen molar-refractivity contribution in [3.05, 3.63) is 28.2 Å². The monoisotopic (exact) mass is 231 g/mol. The summed E-state index contributed by atoms with van der Waals surface area (Å²) in [6.45, 7) is 3.39. The smallest absolute Gasteiger partial charge is 0.0642 e. The van der Waals surface area contributed by atoms with E-state index in [0.29, 0.717) is 10.0 Å². The Labute approximate surface area is 93.4 Å².